The van der Waals surface area contributed by atoms with Gasteiger partial charge in [0.15, 0.2) is 5.52 Å². The fourth-order valence-electron chi connectivity index (χ4n) is 2.19. The number of hydrogen-bond donors (Lipinski definition) is 0. The van der Waals surface area contributed by atoms with Crippen LogP contribution in [-0.2, 0) is 0 Å². The van der Waals surface area contributed by atoms with E-state index in [1.807, 2.05) is 18.7 Å². The van der Waals surface area contributed by atoms with Crippen LogP contribution in [0.25, 0.3) is 11.0 Å². The third kappa shape index (κ3) is 2.53. The van der Waals surface area contributed by atoms with E-state index in [9.17, 15) is 10.1 Å². The molecule has 1 aromatic heterocycles. The van der Waals surface area contributed by atoms with Gasteiger partial charge in [0, 0.05) is 13.1 Å². The van der Waals surface area contributed by atoms with Crippen molar-refractivity contribution in [3.8, 4) is 0 Å². The molecule has 0 saturated carbocycles. The summed E-state index contributed by atoms with van der Waals surface area (Å²) in [4.78, 5) is 12.9. The maximum absolute atomic E-state index is 11.4. The fourth-order valence-corrected chi connectivity index (χ4v) is 2.42. The lowest BCUT2D eigenvalue weighted by Gasteiger charge is -2.23. The molecule has 0 aliphatic heterocycles. The Morgan fingerprint density at radius 2 is 1.90 bits per heavy atom. The van der Waals surface area contributed by atoms with E-state index in [0.29, 0.717) is 23.8 Å². The molecule has 0 saturated heterocycles. The van der Waals surface area contributed by atoms with Gasteiger partial charge in [0.25, 0.3) is 0 Å². The van der Waals surface area contributed by atoms with Crippen molar-refractivity contribution in [1.82, 2.24) is 10.3 Å². The molecule has 1 heterocycles. The average Bonchev–Trinajstić information content (AvgIpc) is 2.87. The molecule has 0 fully saturated rings. The Labute approximate surface area is 120 Å². The Bertz CT molecular complexity index is 622. The third-order valence-electron chi connectivity index (χ3n) is 2.96. The number of hydrogen-bond acceptors (Lipinski definition) is 6. The Morgan fingerprint density at radius 3 is 2.45 bits per heavy atom. The lowest BCUT2D eigenvalue weighted by molar-refractivity contribution is -0.382. The first-order valence-corrected chi connectivity index (χ1v) is 6.82. The van der Waals surface area contributed by atoms with Gasteiger partial charge in [-0.3, -0.25) is 10.1 Å². The number of halogens is 1. The molecule has 0 aliphatic rings. The van der Waals surface area contributed by atoms with Crippen molar-refractivity contribution >= 4 is 34.0 Å². The molecule has 2 aromatic rings. The van der Waals surface area contributed by atoms with Gasteiger partial charge < -0.3 is 4.90 Å². The van der Waals surface area contributed by atoms with Gasteiger partial charge in [-0.25, -0.2) is 4.63 Å². The van der Waals surface area contributed by atoms with Crippen LogP contribution < -0.4 is 4.90 Å². The molecule has 2 rings (SSSR count). The predicted molar refractivity (Wildman–Crippen MR) is 76.3 cm³/mol. The summed E-state index contributed by atoms with van der Waals surface area (Å²) in [6.07, 6.45) is 1.76. The van der Waals surface area contributed by atoms with Crippen LogP contribution in [0, 0.1) is 10.1 Å². The monoisotopic (exact) mass is 298 g/mol. The Morgan fingerprint density at radius 1 is 1.30 bits per heavy atom. The van der Waals surface area contributed by atoms with E-state index in [2.05, 4.69) is 14.9 Å². The number of benzene rings is 1. The summed E-state index contributed by atoms with van der Waals surface area (Å²) in [6.45, 7) is 5.46. The summed E-state index contributed by atoms with van der Waals surface area (Å²) in [5.74, 6) is 0. The molecule has 8 heteroatoms. The first-order valence-electron chi connectivity index (χ1n) is 6.44. The lowest BCUT2D eigenvalue weighted by Crippen LogP contribution is -2.25. The van der Waals surface area contributed by atoms with Gasteiger partial charge >= 0.3 is 5.69 Å². The van der Waals surface area contributed by atoms with Gasteiger partial charge in [0.2, 0.25) is 5.52 Å². The van der Waals surface area contributed by atoms with Gasteiger partial charge in [-0.1, -0.05) is 25.4 Å². The van der Waals surface area contributed by atoms with Crippen molar-refractivity contribution in [2.75, 3.05) is 18.0 Å². The number of rotatable bonds is 6. The lowest BCUT2D eigenvalue weighted by atomic mass is 10.2. The SMILES string of the molecule is CCCN(CCC)c1cc(Cl)c2nonc2c1[N+](=O)[O-]. The third-order valence-corrected chi connectivity index (χ3v) is 3.24. The van der Waals surface area contributed by atoms with Crippen molar-refractivity contribution in [3.05, 3.63) is 21.2 Å². The van der Waals surface area contributed by atoms with Crippen LogP contribution >= 0.6 is 11.6 Å². The number of nitrogens with zero attached hydrogens (tertiary/aromatic N) is 4. The van der Waals surface area contributed by atoms with E-state index in [4.69, 9.17) is 11.6 Å². The molecule has 0 atom stereocenters. The van der Waals surface area contributed by atoms with Crippen molar-refractivity contribution < 1.29 is 9.55 Å². The zero-order valence-electron chi connectivity index (χ0n) is 11.3. The molecule has 1 aromatic carbocycles. The standard InChI is InChI=1S/C12H15ClN4O3/c1-3-5-16(6-4-2)9-7-8(13)10-11(15-20-14-10)12(9)17(18)19/h7H,3-6H2,1-2H3. The number of anilines is 1. The zero-order valence-corrected chi connectivity index (χ0v) is 12.1. The second kappa shape index (κ2) is 6.04. The highest BCUT2D eigenvalue weighted by Crippen LogP contribution is 2.38. The molecule has 0 radical (unpaired) electrons. The Balaban J connectivity index is 2.66. The highest BCUT2D eigenvalue weighted by Gasteiger charge is 2.27. The highest BCUT2D eigenvalue weighted by atomic mass is 35.5. The fraction of sp³-hybridized carbons (Fsp3) is 0.500. The summed E-state index contributed by atoms with van der Waals surface area (Å²) in [5.41, 5.74) is 0.671. The number of aromatic nitrogens is 2. The van der Waals surface area contributed by atoms with Gasteiger partial charge in [-0.05, 0) is 29.2 Å². The molecular formula is C12H15ClN4O3. The normalized spacial score (nSPS) is 10.9. The number of nitro benzene ring substituents is 1. The van der Waals surface area contributed by atoms with Gasteiger partial charge in [0.1, 0.15) is 5.69 Å². The first kappa shape index (κ1) is 14.5. The Hall–Kier alpha value is -1.89. The topological polar surface area (TPSA) is 85.3 Å². The highest BCUT2D eigenvalue weighted by molar-refractivity contribution is 6.35. The largest absolute Gasteiger partial charge is 0.366 e. The average molecular weight is 299 g/mol. The van der Waals surface area contributed by atoms with Crippen molar-refractivity contribution in [2.24, 2.45) is 0 Å². The van der Waals surface area contributed by atoms with Crippen LogP contribution in [0.1, 0.15) is 26.7 Å². The van der Waals surface area contributed by atoms with E-state index in [1.165, 1.54) is 0 Å². The minimum atomic E-state index is -0.462. The summed E-state index contributed by atoms with van der Waals surface area (Å²) in [7, 11) is 0. The summed E-state index contributed by atoms with van der Waals surface area (Å²) in [5, 5.41) is 18.9. The molecule has 0 spiro atoms. The predicted octanol–water partition coefficient (Wildman–Crippen LogP) is 3.41. The minimum absolute atomic E-state index is 0.0923. The quantitative estimate of drug-likeness (QED) is 0.600. The molecular weight excluding hydrogens is 284 g/mol. The Kier molecular flexibility index (Phi) is 4.39. The molecule has 0 aliphatic carbocycles. The molecule has 0 bridgehead atoms. The summed E-state index contributed by atoms with van der Waals surface area (Å²) >= 11 is 6.11. The maximum Gasteiger partial charge on any atom is 0.323 e. The van der Waals surface area contributed by atoms with Crippen LogP contribution in [0.5, 0.6) is 0 Å². The van der Waals surface area contributed by atoms with E-state index >= 15 is 0 Å². The zero-order chi connectivity index (χ0) is 14.7. The number of nitro groups is 1. The van der Waals surface area contributed by atoms with Crippen molar-refractivity contribution in [2.45, 2.75) is 26.7 Å². The van der Waals surface area contributed by atoms with Gasteiger partial charge in [0.05, 0.1) is 9.95 Å². The van der Waals surface area contributed by atoms with E-state index < -0.39 is 4.92 Å². The molecule has 108 valence electrons. The molecule has 0 unspecified atom stereocenters. The van der Waals surface area contributed by atoms with Gasteiger partial charge in [-0.2, -0.15) is 0 Å². The van der Waals surface area contributed by atoms with Crippen molar-refractivity contribution in [1.29, 1.82) is 0 Å². The summed E-state index contributed by atoms with van der Waals surface area (Å²) in [6, 6.07) is 1.57. The van der Waals surface area contributed by atoms with Crippen LogP contribution in [-0.4, -0.2) is 28.3 Å². The van der Waals surface area contributed by atoms with Crippen LogP contribution in [0.4, 0.5) is 11.4 Å². The van der Waals surface area contributed by atoms with Gasteiger partial charge in [-0.15, -0.1) is 0 Å². The summed E-state index contributed by atoms with van der Waals surface area (Å²) < 4.78 is 4.58. The van der Waals surface area contributed by atoms with E-state index in [-0.39, 0.29) is 16.7 Å². The van der Waals surface area contributed by atoms with E-state index in [1.54, 1.807) is 6.07 Å². The maximum atomic E-state index is 11.4. The molecule has 7 nitrogen and oxygen atoms in total. The first-order chi connectivity index (χ1) is 9.60. The minimum Gasteiger partial charge on any atom is -0.366 e. The molecule has 0 N–H and O–H groups in total. The van der Waals surface area contributed by atoms with Crippen LogP contribution in [0.15, 0.2) is 10.7 Å². The molecule has 0 amide bonds. The number of fused-ring (bicyclic) bond motifs is 1. The second-order valence-electron chi connectivity index (χ2n) is 4.43. The van der Waals surface area contributed by atoms with Crippen molar-refractivity contribution in [3.63, 3.8) is 0 Å². The molecule has 20 heavy (non-hydrogen) atoms. The van der Waals surface area contributed by atoms with E-state index in [0.717, 1.165) is 12.8 Å². The smallest absolute Gasteiger partial charge is 0.323 e. The second-order valence-corrected chi connectivity index (χ2v) is 4.84. The van der Waals surface area contributed by atoms with Crippen LogP contribution in [0.2, 0.25) is 5.02 Å². The van der Waals surface area contributed by atoms with Crippen LogP contribution in [0.3, 0.4) is 0 Å².